The van der Waals surface area contributed by atoms with Crippen LogP contribution in [0, 0.1) is 5.92 Å². The lowest BCUT2D eigenvalue weighted by Gasteiger charge is -2.26. The second-order valence-electron chi connectivity index (χ2n) is 6.44. The van der Waals surface area contributed by atoms with Crippen molar-refractivity contribution in [3.05, 3.63) is 0 Å². The van der Waals surface area contributed by atoms with Crippen molar-refractivity contribution >= 4 is 35.8 Å². The molecule has 1 saturated heterocycles. The summed E-state index contributed by atoms with van der Waals surface area (Å²) in [5.41, 5.74) is 0. The number of ether oxygens (including phenoxy) is 1. The van der Waals surface area contributed by atoms with Crippen molar-refractivity contribution in [3.8, 4) is 0 Å². The number of hydrogen-bond donors (Lipinski definition) is 2. The molecule has 0 aromatic heterocycles. The van der Waals surface area contributed by atoms with E-state index in [1.165, 1.54) is 19.3 Å². The summed E-state index contributed by atoms with van der Waals surface area (Å²) >= 11 is 0. The van der Waals surface area contributed by atoms with Crippen LogP contribution in [0.25, 0.3) is 0 Å². The first kappa shape index (κ1) is 21.5. The largest absolute Gasteiger partial charge is 0.381 e. The first-order chi connectivity index (χ1) is 11.3. The normalized spacial score (nSPS) is 18.0. The fraction of sp³-hybridized carbons (Fsp3) is 0.882. The van der Waals surface area contributed by atoms with E-state index in [2.05, 4.69) is 15.6 Å². The van der Waals surface area contributed by atoms with E-state index in [1.807, 2.05) is 11.8 Å². The molecule has 140 valence electrons. The summed E-state index contributed by atoms with van der Waals surface area (Å²) in [5.74, 6) is 1.68. The molecule has 0 atom stereocenters. The molecule has 1 aliphatic carbocycles. The molecule has 0 bridgehead atoms. The minimum Gasteiger partial charge on any atom is -0.381 e. The summed E-state index contributed by atoms with van der Waals surface area (Å²) in [6.45, 7) is 7.34. The third-order valence-corrected chi connectivity index (χ3v) is 4.23. The van der Waals surface area contributed by atoms with Crippen LogP contribution in [0.2, 0.25) is 0 Å². The van der Waals surface area contributed by atoms with Gasteiger partial charge in [-0.05, 0) is 51.4 Å². The molecule has 2 fully saturated rings. The van der Waals surface area contributed by atoms with Crippen LogP contribution in [0.15, 0.2) is 4.99 Å². The molecule has 0 aromatic carbocycles. The van der Waals surface area contributed by atoms with Crippen molar-refractivity contribution in [1.29, 1.82) is 0 Å². The second-order valence-corrected chi connectivity index (χ2v) is 6.44. The zero-order valence-electron chi connectivity index (χ0n) is 14.9. The monoisotopic (exact) mass is 452 g/mol. The Morgan fingerprint density at radius 3 is 2.62 bits per heavy atom. The first-order valence-corrected chi connectivity index (χ1v) is 9.17. The first-order valence-electron chi connectivity index (χ1n) is 9.17. The maximum absolute atomic E-state index is 12.1. The number of hydrogen-bond acceptors (Lipinski definition) is 3. The molecule has 1 amide bonds. The molecular formula is C17H33IN4O2. The highest BCUT2D eigenvalue weighted by atomic mass is 127. The van der Waals surface area contributed by atoms with Gasteiger partial charge in [0.1, 0.15) is 6.54 Å². The number of nitrogens with zero attached hydrogens (tertiary/aromatic N) is 2. The molecule has 0 radical (unpaired) electrons. The van der Waals surface area contributed by atoms with E-state index in [4.69, 9.17) is 4.74 Å². The van der Waals surface area contributed by atoms with Gasteiger partial charge < -0.3 is 20.3 Å². The SMILES string of the molecule is CCNC(=NCC(=O)N1CCCCC1)NCCCOCC1CC1.I. The van der Waals surface area contributed by atoms with Crippen molar-refractivity contribution in [1.82, 2.24) is 15.5 Å². The van der Waals surface area contributed by atoms with Gasteiger partial charge in [-0.25, -0.2) is 4.99 Å². The van der Waals surface area contributed by atoms with E-state index in [9.17, 15) is 4.79 Å². The lowest BCUT2D eigenvalue weighted by atomic mass is 10.1. The summed E-state index contributed by atoms with van der Waals surface area (Å²) in [6, 6.07) is 0. The second kappa shape index (κ2) is 12.7. The Morgan fingerprint density at radius 2 is 1.96 bits per heavy atom. The van der Waals surface area contributed by atoms with Gasteiger partial charge in [0.2, 0.25) is 5.91 Å². The van der Waals surface area contributed by atoms with Gasteiger partial charge in [-0.15, -0.1) is 24.0 Å². The Kier molecular flexibility index (Phi) is 11.4. The fourth-order valence-corrected chi connectivity index (χ4v) is 2.65. The Bertz CT molecular complexity index is 383. The van der Waals surface area contributed by atoms with E-state index < -0.39 is 0 Å². The minimum absolute atomic E-state index is 0. The molecule has 7 heteroatoms. The van der Waals surface area contributed by atoms with Crippen LogP contribution in [-0.4, -0.2) is 62.7 Å². The highest BCUT2D eigenvalue weighted by molar-refractivity contribution is 14.0. The van der Waals surface area contributed by atoms with Crippen molar-refractivity contribution in [3.63, 3.8) is 0 Å². The van der Waals surface area contributed by atoms with Gasteiger partial charge in [-0.3, -0.25) is 4.79 Å². The van der Waals surface area contributed by atoms with E-state index in [0.717, 1.165) is 70.5 Å². The molecule has 1 saturated carbocycles. The van der Waals surface area contributed by atoms with E-state index in [-0.39, 0.29) is 36.4 Å². The molecular weight excluding hydrogens is 419 g/mol. The maximum atomic E-state index is 12.1. The smallest absolute Gasteiger partial charge is 0.244 e. The number of halogens is 1. The molecule has 2 aliphatic rings. The number of guanidine groups is 1. The van der Waals surface area contributed by atoms with Crippen LogP contribution >= 0.6 is 24.0 Å². The molecule has 0 spiro atoms. The van der Waals surface area contributed by atoms with Gasteiger partial charge in [0.05, 0.1) is 0 Å². The van der Waals surface area contributed by atoms with E-state index >= 15 is 0 Å². The Morgan fingerprint density at radius 1 is 1.21 bits per heavy atom. The predicted octanol–water partition coefficient (Wildman–Crippen LogP) is 1.99. The molecule has 24 heavy (non-hydrogen) atoms. The van der Waals surface area contributed by atoms with Crippen LogP contribution < -0.4 is 10.6 Å². The van der Waals surface area contributed by atoms with Crippen molar-refractivity contribution in [2.75, 3.05) is 45.9 Å². The Hall–Kier alpha value is -0.570. The van der Waals surface area contributed by atoms with Crippen LogP contribution in [0.5, 0.6) is 0 Å². The molecule has 2 N–H and O–H groups in total. The molecule has 0 unspecified atom stereocenters. The lowest BCUT2D eigenvalue weighted by Crippen LogP contribution is -2.40. The number of aliphatic imine (C=N–C) groups is 1. The number of amides is 1. The topological polar surface area (TPSA) is 66.0 Å². The van der Waals surface area contributed by atoms with Crippen molar-refractivity contribution < 1.29 is 9.53 Å². The summed E-state index contributed by atoms with van der Waals surface area (Å²) in [7, 11) is 0. The maximum Gasteiger partial charge on any atom is 0.244 e. The zero-order valence-corrected chi connectivity index (χ0v) is 17.2. The predicted molar refractivity (Wildman–Crippen MR) is 108 cm³/mol. The third kappa shape index (κ3) is 9.05. The minimum atomic E-state index is 0. The Labute approximate surface area is 163 Å². The number of likely N-dealkylation sites (tertiary alicyclic amines) is 1. The number of carbonyl (C=O) groups is 1. The molecule has 2 rings (SSSR count). The van der Waals surface area contributed by atoms with Crippen LogP contribution in [0.1, 0.15) is 45.4 Å². The van der Waals surface area contributed by atoms with Gasteiger partial charge in [-0.2, -0.15) is 0 Å². The number of carbonyl (C=O) groups excluding carboxylic acids is 1. The molecule has 0 aromatic rings. The zero-order chi connectivity index (χ0) is 16.3. The van der Waals surface area contributed by atoms with Crippen molar-refractivity contribution in [2.45, 2.75) is 45.4 Å². The van der Waals surface area contributed by atoms with E-state index in [1.54, 1.807) is 0 Å². The van der Waals surface area contributed by atoms with E-state index in [0.29, 0.717) is 0 Å². The quantitative estimate of drug-likeness (QED) is 0.243. The molecule has 6 nitrogen and oxygen atoms in total. The average molecular weight is 452 g/mol. The highest BCUT2D eigenvalue weighted by Gasteiger charge is 2.20. The van der Waals surface area contributed by atoms with Gasteiger partial charge in [0.15, 0.2) is 5.96 Å². The fourth-order valence-electron chi connectivity index (χ4n) is 2.65. The summed E-state index contributed by atoms with van der Waals surface area (Å²) in [5, 5.41) is 6.46. The summed E-state index contributed by atoms with van der Waals surface area (Å²) in [4.78, 5) is 18.5. The standard InChI is InChI=1S/C17H32N4O2.HI/c1-2-18-17(19-9-6-12-23-14-15-7-8-15)20-13-16(22)21-10-4-3-5-11-21;/h15H,2-14H2,1H3,(H2,18,19,20);1H. The number of piperidine rings is 1. The Balaban J connectivity index is 0.00000288. The van der Waals surface area contributed by atoms with Gasteiger partial charge in [-0.1, -0.05) is 0 Å². The summed E-state index contributed by atoms with van der Waals surface area (Å²) < 4.78 is 5.62. The lowest BCUT2D eigenvalue weighted by molar-refractivity contribution is -0.130. The average Bonchev–Trinajstić information content (AvgIpc) is 3.40. The van der Waals surface area contributed by atoms with Crippen molar-refractivity contribution in [2.24, 2.45) is 10.9 Å². The van der Waals surface area contributed by atoms with Crippen LogP contribution in [0.4, 0.5) is 0 Å². The third-order valence-electron chi connectivity index (χ3n) is 4.23. The molecule has 1 heterocycles. The van der Waals surface area contributed by atoms with Crippen LogP contribution in [0.3, 0.4) is 0 Å². The number of rotatable bonds is 9. The number of nitrogens with one attached hydrogen (secondary N) is 2. The highest BCUT2D eigenvalue weighted by Crippen LogP contribution is 2.28. The van der Waals surface area contributed by atoms with Gasteiger partial charge in [0, 0.05) is 39.4 Å². The molecule has 1 aliphatic heterocycles. The van der Waals surface area contributed by atoms with Gasteiger partial charge in [0.25, 0.3) is 0 Å². The summed E-state index contributed by atoms with van der Waals surface area (Å²) in [6.07, 6.45) is 7.10. The van der Waals surface area contributed by atoms with Gasteiger partial charge >= 0.3 is 0 Å². The van der Waals surface area contributed by atoms with Crippen LogP contribution in [-0.2, 0) is 9.53 Å².